The first kappa shape index (κ1) is 7.25. The fraction of sp³-hybridized carbons (Fsp3) is 0.714. The summed E-state index contributed by atoms with van der Waals surface area (Å²) in [4.78, 5) is 14.2. The van der Waals surface area contributed by atoms with Crippen LogP contribution < -0.4 is 0 Å². The van der Waals surface area contributed by atoms with E-state index in [1.807, 2.05) is 13.8 Å². The first-order valence-corrected chi connectivity index (χ1v) is 3.29. The van der Waals surface area contributed by atoms with E-state index in [1.165, 1.54) is 0 Å². The third kappa shape index (κ3) is 1.56. The molecule has 0 aromatic heterocycles. The van der Waals surface area contributed by atoms with Gasteiger partial charge in [0.1, 0.15) is 12.9 Å². The van der Waals surface area contributed by atoms with E-state index < -0.39 is 0 Å². The number of carbonyl (C=O) groups is 1. The van der Waals surface area contributed by atoms with Gasteiger partial charge in [0.15, 0.2) is 5.90 Å². The summed E-state index contributed by atoms with van der Waals surface area (Å²) >= 11 is 0. The molecule has 3 heteroatoms. The van der Waals surface area contributed by atoms with Crippen LogP contribution in [0.15, 0.2) is 4.99 Å². The molecule has 0 saturated carbocycles. The predicted octanol–water partition coefficient (Wildman–Crippen LogP) is 0.783. The Morgan fingerprint density at radius 3 is 2.90 bits per heavy atom. The minimum absolute atomic E-state index is 0.127. The monoisotopic (exact) mass is 141 g/mol. The minimum Gasteiger partial charge on any atom is -0.478 e. The molecule has 56 valence electrons. The quantitative estimate of drug-likeness (QED) is 0.533. The van der Waals surface area contributed by atoms with Crippen molar-refractivity contribution in [2.75, 3.05) is 6.61 Å². The van der Waals surface area contributed by atoms with Gasteiger partial charge in [-0.1, -0.05) is 0 Å². The Labute approximate surface area is 60.1 Å². The number of aliphatic imine (C=N–C) groups is 1. The lowest BCUT2D eigenvalue weighted by atomic mass is 10.1. The van der Waals surface area contributed by atoms with E-state index in [9.17, 15) is 4.79 Å². The average Bonchev–Trinajstić information content (AvgIpc) is 2.12. The zero-order valence-corrected chi connectivity index (χ0v) is 6.26. The van der Waals surface area contributed by atoms with Crippen molar-refractivity contribution in [2.45, 2.75) is 25.8 Å². The van der Waals surface area contributed by atoms with Gasteiger partial charge in [-0.2, -0.15) is 0 Å². The van der Waals surface area contributed by atoms with Gasteiger partial charge < -0.3 is 9.53 Å². The van der Waals surface area contributed by atoms with Gasteiger partial charge >= 0.3 is 0 Å². The Hall–Kier alpha value is -0.860. The Kier molecular flexibility index (Phi) is 1.74. The smallest absolute Gasteiger partial charge is 0.191 e. The molecular weight excluding hydrogens is 130 g/mol. The van der Waals surface area contributed by atoms with Crippen molar-refractivity contribution in [3.05, 3.63) is 0 Å². The normalized spacial score (nSPS) is 21.6. The summed E-state index contributed by atoms with van der Waals surface area (Å²) in [6, 6.07) is 0. The molecule has 0 saturated heterocycles. The van der Waals surface area contributed by atoms with Gasteiger partial charge in [0.25, 0.3) is 0 Å². The zero-order chi connectivity index (χ0) is 7.61. The molecule has 0 atom stereocenters. The molecule has 0 fully saturated rings. The van der Waals surface area contributed by atoms with Crippen LogP contribution in [0.25, 0.3) is 0 Å². The van der Waals surface area contributed by atoms with Crippen LogP contribution >= 0.6 is 0 Å². The number of aldehydes is 1. The minimum atomic E-state index is -0.127. The van der Waals surface area contributed by atoms with E-state index in [1.54, 1.807) is 0 Å². The molecule has 0 aliphatic carbocycles. The molecular formula is C7H11NO2. The number of rotatable bonds is 2. The van der Waals surface area contributed by atoms with Crippen molar-refractivity contribution in [1.82, 2.24) is 0 Å². The van der Waals surface area contributed by atoms with Gasteiger partial charge in [0, 0.05) is 0 Å². The molecule has 3 nitrogen and oxygen atoms in total. The van der Waals surface area contributed by atoms with Gasteiger partial charge in [-0.15, -0.1) is 0 Å². The van der Waals surface area contributed by atoms with Crippen LogP contribution in [0.1, 0.15) is 20.3 Å². The summed E-state index contributed by atoms with van der Waals surface area (Å²) in [7, 11) is 0. The molecule has 0 aromatic rings. The van der Waals surface area contributed by atoms with Gasteiger partial charge in [-0.05, 0) is 13.8 Å². The van der Waals surface area contributed by atoms with Crippen LogP contribution in [-0.4, -0.2) is 24.3 Å². The fourth-order valence-corrected chi connectivity index (χ4v) is 0.838. The number of hydrogen-bond donors (Lipinski definition) is 0. The number of carbonyl (C=O) groups excluding carboxylic acids is 1. The number of ether oxygens (including phenoxy) is 1. The van der Waals surface area contributed by atoms with E-state index >= 15 is 0 Å². The molecule has 0 N–H and O–H groups in total. The molecule has 0 unspecified atom stereocenters. The second kappa shape index (κ2) is 2.40. The Morgan fingerprint density at radius 1 is 1.80 bits per heavy atom. The van der Waals surface area contributed by atoms with Crippen molar-refractivity contribution < 1.29 is 9.53 Å². The molecule has 1 aliphatic heterocycles. The molecule has 0 spiro atoms. The van der Waals surface area contributed by atoms with E-state index in [2.05, 4.69) is 4.99 Å². The molecule has 0 radical (unpaired) electrons. The molecule has 0 aromatic carbocycles. The summed E-state index contributed by atoms with van der Waals surface area (Å²) < 4.78 is 5.13. The first-order valence-electron chi connectivity index (χ1n) is 3.29. The van der Waals surface area contributed by atoms with Gasteiger partial charge in [-0.3, -0.25) is 0 Å². The maximum atomic E-state index is 10.0. The van der Waals surface area contributed by atoms with Crippen LogP contribution in [0, 0.1) is 0 Å². The van der Waals surface area contributed by atoms with Crippen LogP contribution in [0.2, 0.25) is 0 Å². The summed E-state index contributed by atoms with van der Waals surface area (Å²) in [5, 5.41) is 0. The van der Waals surface area contributed by atoms with E-state index in [0.29, 0.717) is 18.9 Å². The van der Waals surface area contributed by atoms with Gasteiger partial charge in [0.05, 0.1) is 12.0 Å². The predicted molar refractivity (Wildman–Crippen MR) is 38.1 cm³/mol. The third-order valence-corrected chi connectivity index (χ3v) is 1.28. The highest BCUT2D eigenvalue weighted by atomic mass is 16.5. The van der Waals surface area contributed by atoms with E-state index in [4.69, 9.17) is 4.74 Å². The highest BCUT2D eigenvalue weighted by Crippen LogP contribution is 2.17. The SMILES string of the molecule is CC1(C)COC(CC=O)=N1. The second-order valence-corrected chi connectivity index (χ2v) is 2.98. The first-order chi connectivity index (χ1) is 4.64. The average molecular weight is 141 g/mol. The van der Waals surface area contributed by atoms with Gasteiger partial charge in [0.2, 0.25) is 0 Å². The summed E-state index contributed by atoms with van der Waals surface area (Å²) in [5.74, 6) is 0.569. The highest BCUT2D eigenvalue weighted by molar-refractivity contribution is 5.89. The number of nitrogens with zero attached hydrogens (tertiary/aromatic N) is 1. The van der Waals surface area contributed by atoms with Crippen LogP contribution in [0.5, 0.6) is 0 Å². The lowest BCUT2D eigenvalue weighted by molar-refractivity contribution is -0.107. The largest absolute Gasteiger partial charge is 0.478 e. The standard InChI is InChI=1S/C7H11NO2/c1-7(2)5-10-6(8-7)3-4-9/h4H,3,5H2,1-2H3. The maximum Gasteiger partial charge on any atom is 0.191 e. The lowest BCUT2D eigenvalue weighted by Gasteiger charge is -2.07. The Balaban J connectivity index is 2.57. The zero-order valence-electron chi connectivity index (χ0n) is 6.26. The van der Waals surface area contributed by atoms with Crippen molar-refractivity contribution in [3.63, 3.8) is 0 Å². The molecule has 1 aliphatic rings. The topological polar surface area (TPSA) is 38.7 Å². The van der Waals surface area contributed by atoms with Crippen molar-refractivity contribution in [1.29, 1.82) is 0 Å². The van der Waals surface area contributed by atoms with Crippen molar-refractivity contribution in [2.24, 2.45) is 4.99 Å². The molecule has 1 rings (SSSR count). The highest BCUT2D eigenvalue weighted by Gasteiger charge is 2.25. The van der Waals surface area contributed by atoms with Crippen LogP contribution in [-0.2, 0) is 9.53 Å². The summed E-state index contributed by atoms with van der Waals surface area (Å²) in [5.41, 5.74) is -0.127. The Morgan fingerprint density at radius 2 is 2.50 bits per heavy atom. The van der Waals surface area contributed by atoms with E-state index in [-0.39, 0.29) is 5.54 Å². The third-order valence-electron chi connectivity index (χ3n) is 1.28. The second-order valence-electron chi connectivity index (χ2n) is 2.98. The van der Waals surface area contributed by atoms with Crippen LogP contribution in [0.3, 0.4) is 0 Å². The van der Waals surface area contributed by atoms with Crippen molar-refractivity contribution in [3.8, 4) is 0 Å². The Bertz CT molecular complexity index is 172. The fourth-order valence-electron chi connectivity index (χ4n) is 0.838. The van der Waals surface area contributed by atoms with Gasteiger partial charge in [-0.25, -0.2) is 4.99 Å². The van der Waals surface area contributed by atoms with E-state index in [0.717, 1.165) is 6.29 Å². The molecule has 0 bridgehead atoms. The van der Waals surface area contributed by atoms with Crippen LogP contribution in [0.4, 0.5) is 0 Å². The summed E-state index contributed by atoms with van der Waals surface area (Å²) in [6.07, 6.45) is 1.11. The number of hydrogen-bond acceptors (Lipinski definition) is 3. The van der Waals surface area contributed by atoms with Crippen molar-refractivity contribution >= 4 is 12.2 Å². The molecule has 10 heavy (non-hydrogen) atoms. The molecule has 1 heterocycles. The summed E-state index contributed by atoms with van der Waals surface area (Å²) in [6.45, 7) is 4.55. The molecule has 0 amide bonds. The maximum absolute atomic E-state index is 10.0. The lowest BCUT2D eigenvalue weighted by Crippen LogP contribution is -2.17.